The first-order valence-electron chi connectivity index (χ1n) is 6.26. The summed E-state index contributed by atoms with van der Waals surface area (Å²) in [5.74, 6) is 0.285. The molecule has 0 aliphatic rings. The van der Waals surface area contributed by atoms with E-state index in [1.165, 1.54) is 12.5 Å². The Morgan fingerprint density at radius 1 is 1.50 bits per heavy atom. The van der Waals surface area contributed by atoms with Crippen LogP contribution >= 0.6 is 0 Å². The maximum atomic E-state index is 11.7. The zero-order valence-corrected chi connectivity index (χ0v) is 11.1. The first kappa shape index (κ1) is 13.9. The third-order valence-corrected chi connectivity index (χ3v) is 2.73. The van der Waals surface area contributed by atoms with E-state index in [1.54, 1.807) is 18.5 Å². The molecule has 1 unspecified atom stereocenters. The van der Waals surface area contributed by atoms with Crippen molar-refractivity contribution in [3.05, 3.63) is 42.4 Å². The Morgan fingerprint density at radius 3 is 3.00 bits per heavy atom. The molecule has 1 atom stereocenters. The predicted molar refractivity (Wildman–Crippen MR) is 70.8 cm³/mol. The van der Waals surface area contributed by atoms with Gasteiger partial charge in [-0.1, -0.05) is 0 Å². The number of carbonyl (C=O) groups is 2. The number of aromatic amines is 1. The number of rotatable bonds is 6. The Bertz CT molecular complexity index is 548. The second-order valence-electron chi connectivity index (χ2n) is 4.28. The van der Waals surface area contributed by atoms with Gasteiger partial charge in [-0.05, 0) is 13.0 Å². The van der Waals surface area contributed by atoms with E-state index in [0.717, 1.165) is 0 Å². The van der Waals surface area contributed by atoms with Crippen LogP contribution in [0.2, 0.25) is 0 Å². The van der Waals surface area contributed by atoms with Gasteiger partial charge in [0.05, 0.1) is 17.9 Å². The lowest BCUT2D eigenvalue weighted by molar-refractivity contribution is -0.121. The molecule has 7 heteroatoms. The highest BCUT2D eigenvalue weighted by atomic mass is 16.3. The van der Waals surface area contributed by atoms with E-state index in [-0.39, 0.29) is 30.8 Å². The number of aromatic nitrogens is 2. The molecule has 2 amide bonds. The zero-order valence-electron chi connectivity index (χ0n) is 11.1. The lowest BCUT2D eigenvalue weighted by Gasteiger charge is -2.11. The fourth-order valence-electron chi connectivity index (χ4n) is 1.68. The van der Waals surface area contributed by atoms with Crippen LogP contribution in [0.25, 0.3) is 0 Å². The minimum atomic E-state index is -0.259. The number of imidazole rings is 1. The highest BCUT2D eigenvalue weighted by Crippen LogP contribution is 2.05. The average molecular weight is 276 g/mol. The summed E-state index contributed by atoms with van der Waals surface area (Å²) < 4.78 is 4.81. The lowest BCUT2D eigenvalue weighted by atomic mass is 10.3. The summed E-state index contributed by atoms with van der Waals surface area (Å²) in [6, 6.07) is 1.37. The van der Waals surface area contributed by atoms with Crippen LogP contribution in [-0.4, -0.2) is 28.3 Å². The molecule has 2 aromatic heterocycles. The molecular formula is C13H16N4O3. The van der Waals surface area contributed by atoms with Crippen LogP contribution in [0.1, 0.15) is 35.6 Å². The van der Waals surface area contributed by atoms with Gasteiger partial charge in [0.1, 0.15) is 12.1 Å². The second kappa shape index (κ2) is 6.55. The number of furan rings is 1. The van der Waals surface area contributed by atoms with Crippen molar-refractivity contribution >= 4 is 11.8 Å². The van der Waals surface area contributed by atoms with Gasteiger partial charge in [-0.15, -0.1) is 0 Å². The molecule has 2 heterocycles. The molecule has 0 saturated heterocycles. The van der Waals surface area contributed by atoms with Crippen LogP contribution in [0.5, 0.6) is 0 Å². The van der Waals surface area contributed by atoms with Gasteiger partial charge in [-0.2, -0.15) is 0 Å². The van der Waals surface area contributed by atoms with Crippen LogP contribution in [0, 0.1) is 0 Å². The van der Waals surface area contributed by atoms with Crippen LogP contribution in [0.3, 0.4) is 0 Å². The largest absolute Gasteiger partial charge is 0.472 e. The molecule has 0 aliphatic heterocycles. The van der Waals surface area contributed by atoms with Crippen LogP contribution in [-0.2, 0) is 4.79 Å². The monoisotopic (exact) mass is 276 g/mol. The number of nitrogens with zero attached hydrogens (tertiary/aromatic N) is 1. The highest BCUT2D eigenvalue weighted by Gasteiger charge is 2.12. The van der Waals surface area contributed by atoms with Gasteiger partial charge in [0.25, 0.3) is 5.91 Å². The maximum absolute atomic E-state index is 11.7. The minimum Gasteiger partial charge on any atom is -0.472 e. The molecule has 7 nitrogen and oxygen atoms in total. The predicted octanol–water partition coefficient (Wildman–Crippen LogP) is 1.000. The topological polar surface area (TPSA) is 100 Å². The van der Waals surface area contributed by atoms with Crippen LogP contribution in [0.15, 0.2) is 35.4 Å². The van der Waals surface area contributed by atoms with E-state index in [2.05, 4.69) is 20.6 Å². The molecule has 0 spiro atoms. The molecule has 0 saturated carbocycles. The number of hydrogen-bond donors (Lipinski definition) is 3. The number of amides is 2. The number of hydrogen-bond acceptors (Lipinski definition) is 4. The number of nitrogens with one attached hydrogen (secondary N) is 3. The molecular weight excluding hydrogens is 260 g/mol. The summed E-state index contributed by atoms with van der Waals surface area (Å²) in [6.45, 7) is 2.10. The normalized spacial score (nSPS) is 11.8. The summed E-state index contributed by atoms with van der Waals surface area (Å²) in [5, 5.41) is 5.43. The van der Waals surface area contributed by atoms with Crippen molar-refractivity contribution in [2.75, 3.05) is 6.54 Å². The van der Waals surface area contributed by atoms with Crippen LogP contribution < -0.4 is 10.6 Å². The molecule has 20 heavy (non-hydrogen) atoms. The smallest absolute Gasteiger partial charge is 0.254 e. The lowest BCUT2D eigenvalue weighted by Crippen LogP contribution is -2.32. The van der Waals surface area contributed by atoms with E-state index < -0.39 is 0 Å². The van der Waals surface area contributed by atoms with Gasteiger partial charge in [-0.3, -0.25) is 9.59 Å². The molecule has 0 aliphatic carbocycles. The van der Waals surface area contributed by atoms with Crippen molar-refractivity contribution < 1.29 is 14.0 Å². The Kier molecular flexibility index (Phi) is 4.54. The summed E-state index contributed by atoms with van der Waals surface area (Å²) in [4.78, 5) is 30.3. The third kappa shape index (κ3) is 3.71. The maximum Gasteiger partial charge on any atom is 0.254 e. The van der Waals surface area contributed by atoms with Gasteiger partial charge >= 0.3 is 0 Å². The van der Waals surface area contributed by atoms with Crippen molar-refractivity contribution in [3.8, 4) is 0 Å². The SMILES string of the molecule is CC(NC(=O)CCNC(=O)c1ccoc1)c1ncc[nH]1. The van der Waals surface area contributed by atoms with E-state index in [0.29, 0.717) is 11.4 Å². The fourth-order valence-corrected chi connectivity index (χ4v) is 1.68. The van der Waals surface area contributed by atoms with E-state index >= 15 is 0 Å². The first-order valence-corrected chi connectivity index (χ1v) is 6.26. The molecule has 0 fully saturated rings. The quantitative estimate of drug-likeness (QED) is 0.732. The summed E-state index contributed by atoms with van der Waals surface area (Å²) in [6.07, 6.45) is 6.31. The average Bonchev–Trinajstić information content (AvgIpc) is 3.12. The molecule has 0 aromatic carbocycles. The summed E-state index contributed by atoms with van der Waals surface area (Å²) in [7, 11) is 0. The Morgan fingerprint density at radius 2 is 2.35 bits per heavy atom. The molecule has 0 radical (unpaired) electrons. The Labute approximate surface area is 115 Å². The van der Waals surface area contributed by atoms with E-state index in [4.69, 9.17) is 4.42 Å². The molecule has 2 rings (SSSR count). The van der Waals surface area contributed by atoms with Crippen molar-refractivity contribution in [2.45, 2.75) is 19.4 Å². The van der Waals surface area contributed by atoms with E-state index in [1.807, 2.05) is 6.92 Å². The van der Waals surface area contributed by atoms with Crippen molar-refractivity contribution in [2.24, 2.45) is 0 Å². The second-order valence-corrected chi connectivity index (χ2v) is 4.28. The van der Waals surface area contributed by atoms with Gasteiger partial charge in [-0.25, -0.2) is 4.98 Å². The van der Waals surface area contributed by atoms with Crippen molar-refractivity contribution in [1.29, 1.82) is 0 Å². The van der Waals surface area contributed by atoms with Gasteiger partial charge in [0.15, 0.2) is 0 Å². The zero-order chi connectivity index (χ0) is 14.4. The first-order chi connectivity index (χ1) is 9.66. The molecule has 3 N–H and O–H groups in total. The van der Waals surface area contributed by atoms with Gasteiger partial charge in [0, 0.05) is 25.4 Å². The summed E-state index contributed by atoms with van der Waals surface area (Å²) >= 11 is 0. The van der Waals surface area contributed by atoms with Gasteiger partial charge in [0.2, 0.25) is 5.91 Å². The van der Waals surface area contributed by atoms with Crippen molar-refractivity contribution in [3.63, 3.8) is 0 Å². The molecule has 0 bridgehead atoms. The Balaban J connectivity index is 1.69. The number of H-pyrrole nitrogens is 1. The van der Waals surface area contributed by atoms with Gasteiger partial charge < -0.3 is 20.0 Å². The van der Waals surface area contributed by atoms with Crippen LogP contribution in [0.4, 0.5) is 0 Å². The number of carbonyl (C=O) groups excluding carboxylic acids is 2. The standard InChI is InChI=1S/C13H16N4O3/c1-9(12-14-5-6-15-12)17-11(18)2-4-16-13(19)10-3-7-20-8-10/h3,5-9H,2,4H2,1H3,(H,14,15)(H,16,19)(H,17,18). The summed E-state index contributed by atoms with van der Waals surface area (Å²) in [5.41, 5.74) is 0.439. The molecule has 2 aromatic rings. The third-order valence-electron chi connectivity index (χ3n) is 2.73. The highest BCUT2D eigenvalue weighted by molar-refractivity contribution is 5.94. The Hall–Kier alpha value is -2.57. The minimum absolute atomic E-state index is 0.151. The fraction of sp³-hybridized carbons (Fsp3) is 0.308. The molecule has 106 valence electrons. The van der Waals surface area contributed by atoms with Crippen molar-refractivity contribution in [1.82, 2.24) is 20.6 Å². The van der Waals surface area contributed by atoms with E-state index in [9.17, 15) is 9.59 Å².